The smallest absolute Gasteiger partial charge is 0.308 e. The number of thiophene rings is 1. The van der Waals surface area contributed by atoms with Crippen LogP contribution in [0.4, 0.5) is 4.39 Å². The molecular formula is C26H25FN2O4S. The largest absolute Gasteiger partial charge is 0.497 e. The summed E-state index contributed by atoms with van der Waals surface area (Å²) in [7, 11) is 1.57. The van der Waals surface area contributed by atoms with Gasteiger partial charge in [-0.15, -0.1) is 11.3 Å². The molecule has 8 heteroatoms. The fraction of sp³-hybridized carbons (Fsp3) is 0.346. The Morgan fingerprint density at radius 2 is 2.18 bits per heavy atom. The van der Waals surface area contributed by atoms with Crippen LogP contribution in [0.3, 0.4) is 0 Å². The number of benzene rings is 1. The number of piperidine rings is 1. The first-order valence-electron chi connectivity index (χ1n) is 11.1. The number of carboxylic acids is 1. The van der Waals surface area contributed by atoms with Crippen molar-refractivity contribution in [2.24, 2.45) is 11.8 Å². The van der Waals surface area contributed by atoms with E-state index in [1.54, 1.807) is 31.5 Å². The molecule has 1 N–H and O–H groups in total. The molecule has 0 aliphatic carbocycles. The van der Waals surface area contributed by atoms with E-state index in [2.05, 4.69) is 16.8 Å². The number of Topliss-reactive ketones (excluding diaryl/α,β-unsaturated/α-hetero) is 1. The van der Waals surface area contributed by atoms with Gasteiger partial charge < -0.3 is 9.84 Å². The first-order valence-corrected chi connectivity index (χ1v) is 12.0. The van der Waals surface area contributed by atoms with Crippen molar-refractivity contribution >= 4 is 34.0 Å². The molecule has 0 bridgehead atoms. The summed E-state index contributed by atoms with van der Waals surface area (Å²) in [6.45, 7) is 1.53. The quantitative estimate of drug-likeness (QED) is 0.397. The number of rotatable bonds is 7. The molecule has 4 rings (SSSR count). The molecule has 0 saturated carbocycles. The minimum Gasteiger partial charge on any atom is -0.497 e. The molecule has 1 saturated heterocycles. The summed E-state index contributed by atoms with van der Waals surface area (Å²) in [5.41, 5.74) is 1.29. The fourth-order valence-corrected chi connectivity index (χ4v) is 5.02. The molecule has 1 aliphatic rings. The van der Waals surface area contributed by atoms with Crippen molar-refractivity contribution in [3.8, 4) is 17.6 Å². The second-order valence-electron chi connectivity index (χ2n) is 8.36. The van der Waals surface area contributed by atoms with Crippen molar-refractivity contribution < 1.29 is 23.8 Å². The van der Waals surface area contributed by atoms with Gasteiger partial charge in [0.15, 0.2) is 5.78 Å². The van der Waals surface area contributed by atoms with Crippen molar-refractivity contribution in [2.45, 2.75) is 19.3 Å². The van der Waals surface area contributed by atoms with Gasteiger partial charge in [0, 0.05) is 41.6 Å². The van der Waals surface area contributed by atoms with Crippen LogP contribution in [0, 0.1) is 29.5 Å². The van der Waals surface area contributed by atoms with Crippen LogP contribution in [0.2, 0.25) is 0 Å². The molecule has 0 unspecified atom stereocenters. The van der Waals surface area contributed by atoms with Gasteiger partial charge in [-0.3, -0.25) is 19.5 Å². The number of methoxy groups -OCH3 is 1. The Hall–Kier alpha value is -3.28. The highest BCUT2D eigenvalue weighted by Gasteiger charge is 2.34. The van der Waals surface area contributed by atoms with E-state index >= 15 is 0 Å². The predicted octanol–water partition coefficient (Wildman–Crippen LogP) is 4.48. The zero-order valence-corrected chi connectivity index (χ0v) is 19.6. The fourth-order valence-electron chi connectivity index (χ4n) is 4.40. The Balaban J connectivity index is 1.38. The van der Waals surface area contributed by atoms with Crippen molar-refractivity contribution in [3.63, 3.8) is 0 Å². The number of aliphatic carboxylic acids is 1. The van der Waals surface area contributed by atoms with Crippen LogP contribution < -0.4 is 4.74 Å². The molecule has 1 aromatic carbocycles. The second-order valence-corrected chi connectivity index (χ2v) is 9.27. The lowest BCUT2D eigenvalue weighted by Gasteiger charge is -2.35. The summed E-state index contributed by atoms with van der Waals surface area (Å²) in [5.74, 6) is 4.78. The molecule has 176 valence electrons. The Morgan fingerprint density at radius 1 is 1.32 bits per heavy atom. The molecule has 0 radical (unpaired) electrons. The number of likely N-dealkylation sites (tertiary alicyclic amines) is 1. The van der Waals surface area contributed by atoms with Gasteiger partial charge in [0.1, 0.15) is 11.6 Å². The lowest BCUT2D eigenvalue weighted by Crippen LogP contribution is -2.44. The average Bonchev–Trinajstić information content (AvgIpc) is 3.26. The van der Waals surface area contributed by atoms with E-state index in [0.717, 1.165) is 10.9 Å². The Morgan fingerprint density at radius 3 is 2.91 bits per heavy atom. The zero-order chi connectivity index (χ0) is 24.1. The van der Waals surface area contributed by atoms with Gasteiger partial charge in [-0.1, -0.05) is 11.8 Å². The minimum atomic E-state index is -0.852. The molecule has 2 aromatic heterocycles. The van der Waals surface area contributed by atoms with Crippen molar-refractivity contribution in [2.75, 3.05) is 26.7 Å². The van der Waals surface area contributed by atoms with Gasteiger partial charge in [-0.05, 0) is 49.6 Å². The number of nitrogens with zero attached hydrogens (tertiary/aromatic N) is 2. The summed E-state index contributed by atoms with van der Waals surface area (Å²) < 4.78 is 18.4. The summed E-state index contributed by atoms with van der Waals surface area (Å²) >= 11 is 1.25. The first-order chi connectivity index (χ1) is 16.4. The van der Waals surface area contributed by atoms with Gasteiger partial charge in [-0.2, -0.15) is 0 Å². The maximum absolute atomic E-state index is 13.1. The molecule has 0 amide bonds. The minimum absolute atomic E-state index is 0.0266. The van der Waals surface area contributed by atoms with Gasteiger partial charge >= 0.3 is 5.97 Å². The third-order valence-corrected chi connectivity index (χ3v) is 7.05. The van der Waals surface area contributed by atoms with E-state index in [4.69, 9.17) is 4.74 Å². The van der Waals surface area contributed by atoms with E-state index < -0.39 is 11.9 Å². The Bertz CT molecular complexity index is 1260. The molecule has 3 heterocycles. The molecule has 0 spiro atoms. The van der Waals surface area contributed by atoms with E-state index in [-0.39, 0.29) is 23.9 Å². The monoisotopic (exact) mass is 480 g/mol. The number of ether oxygens (including phenoxy) is 1. The van der Waals surface area contributed by atoms with Crippen LogP contribution in [0.15, 0.2) is 41.9 Å². The number of carboxylic acid groups (broad SMARTS) is 1. The molecule has 1 fully saturated rings. The van der Waals surface area contributed by atoms with Crippen LogP contribution in [-0.4, -0.2) is 53.5 Å². The number of pyridine rings is 1. The summed E-state index contributed by atoms with van der Waals surface area (Å²) in [6, 6.07) is 8.53. The molecule has 1 aliphatic heterocycles. The Labute approximate surface area is 201 Å². The Kier molecular flexibility index (Phi) is 7.56. The average molecular weight is 481 g/mol. The van der Waals surface area contributed by atoms with Crippen molar-refractivity contribution in [1.29, 1.82) is 0 Å². The van der Waals surface area contributed by atoms with Gasteiger partial charge in [0.25, 0.3) is 0 Å². The summed E-state index contributed by atoms with van der Waals surface area (Å²) in [4.78, 5) is 32.0. The number of carbonyl (C=O) groups is 2. The highest BCUT2D eigenvalue weighted by atomic mass is 32.1. The van der Waals surface area contributed by atoms with Crippen LogP contribution in [0.1, 0.15) is 34.5 Å². The predicted molar refractivity (Wildman–Crippen MR) is 129 cm³/mol. The standard InChI is InChI=1S/C26H25FN2O4S/c1-33-19-5-6-24-22(14-19)21(8-10-28-24)25(30)7-4-17-9-12-29(15-23(17)26(31)32)11-2-3-20-13-18(27)16-34-20/h5-6,8,10,13-14,16-17,23H,4,7,9,11-12,15H2,1H3,(H,31,32)/t17-,23+/m0/s1. The van der Waals surface area contributed by atoms with Crippen LogP contribution >= 0.6 is 11.3 Å². The SMILES string of the molecule is COc1ccc2nccc(C(=O)CC[C@H]3CCN(CC#Cc4cc(F)cs4)C[C@H]3C(=O)O)c2c1. The molecule has 3 aromatic rings. The highest BCUT2D eigenvalue weighted by molar-refractivity contribution is 7.10. The third kappa shape index (κ3) is 5.61. The molecular weight excluding hydrogens is 455 g/mol. The van der Waals surface area contributed by atoms with Crippen LogP contribution in [0.25, 0.3) is 10.9 Å². The normalized spacial score (nSPS) is 18.3. The number of halogens is 1. The van der Waals surface area contributed by atoms with E-state index in [0.29, 0.717) is 48.7 Å². The number of ketones is 1. The highest BCUT2D eigenvalue weighted by Crippen LogP contribution is 2.30. The number of hydrogen-bond donors (Lipinski definition) is 1. The van der Waals surface area contributed by atoms with E-state index in [9.17, 15) is 19.1 Å². The number of fused-ring (bicyclic) bond motifs is 1. The van der Waals surface area contributed by atoms with E-state index in [1.165, 1.54) is 22.8 Å². The maximum Gasteiger partial charge on any atom is 0.308 e. The zero-order valence-electron chi connectivity index (χ0n) is 18.8. The number of hydrogen-bond acceptors (Lipinski definition) is 6. The number of carbonyl (C=O) groups excluding carboxylic acids is 1. The second kappa shape index (κ2) is 10.8. The van der Waals surface area contributed by atoms with Crippen LogP contribution in [-0.2, 0) is 4.79 Å². The molecule has 2 atom stereocenters. The summed E-state index contributed by atoms with van der Waals surface area (Å²) in [6.07, 6.45) is 3.09. The molecule has 6 nitrogen and oxygen atoms in total. The lowest BCUT2D eigenvalue weighted by molar-refractivity contribution is -0.146. The van der Waals surface area contributed by atoms with Gasteiger partial charge in [0.05, 0.1) is 30.0 Å². The lowest BCUT2D eigenvalue weighted by atomic mass is 9.81. The van der Waals surface area contributed by atoms with Gasteiger partial charge in [-0.25, -0.2) is 4.39 Å². The first kappa shape index (κ1) is 23.9. The maximum atomic E-state index is 13.1. The topological polar surface area (TPSA) is 79.7 Å². The number of aromatic nitrogens is 1. The molecule has 34 heavy (non-hydrogen) atoms. The van der Waals surface area contributed by atoms with Crippen molar-refractivity contribution in [3.05, 3.63) is 58.2 Å². The van der Waals surface area contributed by atoms with Crippen molar-refractivity contribution in [1.82, 2.24) is 9.88 Å². The van der Waals surface area contributed by atoms with Crippen LogP contribution in [0.5, 0.6) is 5.75 Å². The third-order valence-electron chi connectivity index (χ3n) is 6.23. The van der Waals surface area contributed by atoms with Gasteiger partial charge in [0.2, 0.25) is 0 Å². The van der Waals surface area contributed by atoms with E-state index in [1.807, 2.05) is 11.0 Å². The summed E-state index contributed by atoms with van der Waals surface area (Å²) in [5, 5.41) is 11.9.